The lowest BCUT2D eigenvalue weighted by Gasteiger charge is -2.37. The first-order valence-corrected chi connectivity index (χ1v) is 7.65. The fourth-order valence-corrected chi connectivity index (χ4v) is 3.03. The van der Waals surface area contributed by atoms with Crippen LogP contribution in [0.4, 0.5) is 0 Å². The summed E-state index contributed by atoms with van der Waals surface area (Å²) in [4.78, 5) is 2.33. The minimum atomic E-state index is 0.0355. The Bertz CT molecular complexity index is 458. The fraction of sp³-hybridized carbons (Fsp3) is 0.600. The van der Waals surface area contributed by atoms with Crippen LogP contribution in [0.15, 0.2) is 16.6 Å². The summed E-state index contributed by atoms with van der Waals surface area (Å²) in [5.41, 5.74) is 8.52. The molecule has 0 bridgehead atoms. The van der Waals surface area contributed by atoms with Gasteiger partial charge in [0.1, 0.15) is 5.75 Å². The molecule has 0 fully saturated rings. The highest BCUT2D eigenvalue weighted by atomic mass is 79.9. The maximum absolute atomic E-state index is 5.93. The largest absolute Gasteiger partial charge is 0.493 e. The summed E-state index contributed by atoms with van der Waals surface area (Å²) in [6.07, 6.45) is 2.05. The molecule has 106 valence electrons. The van der Waals surface area contributed by atoms with E-state index in [4.69, 9.17) is 10.5 Å². The van der Waals surface area contributed by atoms with Crippen molar-refractivity contribution in [1.29, 1.82) is 0 Å². The Kier molecular flexibility index (Phi) is 4.54. The average molecular weight is 327 g/mol. The minimum Gasteiger partial charge on any atom is -0.493 e. The summed E-state index contributed by atoms with van der Waals surface area (Å²) in [6.45, 7) is 6.72. The molecular weight excluding hydrogens is 304 g/mol. The maximum atomic E-state index is 5.93. The quantitative estimate of drug-likeness (QED) is 0.904. The predicted octanol–water partition coefficient (Wildman–Crippen LogP) is 2.94. The Morgan fingerprint density at radius 1 is 1.47 bits per heavy atom. The van der Waals surface area contributed by atoms with E-state index in [-0.39, 0.29) is 5.54 Å². The van der Waals surface area contributed by atoms with Crippen LogP contribution in [0.5, 0.6) is 5.75 Å². The third-order valence-electron chi connectivity index (χ3n) is 4.36. The molecule has 0 saturated heterocycles. The SMILES string of the molecule is CCC(C)(CN)N(C)Cc1cc(Br)cc2c1OCC2. The molecule has 1 aromatic carbocycles. The number of ether oxygens (including phenoxy) is 1. The Morgan fingerprint density at radius 3 is 2.84 bits per heavy atom. The van der Waals surface area contributed by atoms with E-state index in [2.05, 4.69) is 53.9 Å². The van der Waals surface area contributed by atoms with Crippen molar-refractivity contribution in [2.24, 2.45) is 5.73 Å². The van der Waals surface area contributed by atoms with Crippen molar-refractivity contribution in [2.75, 3.05) is 20.2 Å². The molecule has 1 atom stereocenters. The van der Waals surface area contributed by atoms with Crippen molar-refractivity contribution in [3.8, 4) is 5.75 Å². The zero-order chi connectivity index (χ0) is 14.0. The zero-order valence-corrected chi connectivity index (χ0v) is 13.6. The van der Waals surface area contributed by atoms with Gasteiger partial charge in [-0.1, -0.05) is 22.9 Å². The molecule has 0 spiro atoms. The molecule has 2 rings (SSSR count). The smallest absolute Gasteiger partial charge is 0.127 e. The molecule has 1 aliphatic rings. The summed E-state index contributed by atoms with van der Waals surface area (Å²) in [6, 6.07) is 4.32. The molecule has 2 N–H and O–H groups in total. The van der Waals surface area contributed by atoms with E-state index in [9.17, 15) is 0 Å². The summed E-state index contributed by atoms with van der Waals surface area (Å²) < 4.78 is 6.92. The summed E-state index contributed by atoms with van der Waals surface area (Å²) in [5, 5.41) is 0. The van der Waals surface area contributed by atoms with Gasteiger partial charge in [-0.2, -0.15) is 0 Å². The van der Waals surface area contributed by atoms with Gasteiger partial charge in [-0.15, -0.1) is 0 Å². The molecule has 0 amide bonds. The van der Waals surface area contributed by atoms with Gasteiger partial charge in [-0.05, 0) is 38.1 Å². The minimum absolute atomic E-state index is 0.0355. The monoisotopic (exact) mass is 326 g/mol. The van der Waals surface area contributed by atoms with E-state index in [0.717, 1.165) is 36.2 Å². The van der Waals surface area contributed by atoms with Gasteiger partial charge in [0, 0.05) is 35.1 Å². The number of nitrogens with two attached hydrogens (primary N) is 1. The Morgan fingerprint density at radius 2 is 2.21 bits per heavy atom. The molecule has 1 aromatic rings. The topological polar surface area (TPSA) is 38.5 Å². The first-order chi connectivity index (χ1) is 9.00. The number of rotatable bonds is 5. The van der Waals surface area contributed by atoms with Crippen molar-refractivity contribution in [1.82, 2.24) is 4.90 Å². The molecule has 1 aliphatic heterocycles. The molecule has 19 heavy (non-hydrogen) atoms. The third kappa shape index (κ3) is 2.96. The van der Waals surface area contributed by atoms with Crippen molar-refractivity contribution in [3.05, 3.63) is 27.7 Å². The Balaban J connectivity index is 2.24. The van der Waals surface area contributed by atoms with Gasteiger partial charge in [0.25, 0.3) is 0 Å². The normalized spacial score (nSPS) is 17.2. The maximum Gasteiger partial charge on any atom is 0.127 e. The standard InChI is InChI=1S/C15H23BrN2O/c1-4-15(2,10-17)18(3)9-12-8-13(16)7-11-5-6-19-14(11)12/h7-8H,4-6,9-10,17H2,1-3H3. The van der Waals surface area contributed by atoms with Crippen LogP contribution < -0.4 is 10.5 Å². The van der Waals surface area contributed by atoms with Crippen molar-refractivity contribution in [2.45, 2.75) is 38.8 Å². The number of likely N-dealkylation sites (N-methyl/N-ethyl adjacent to an activating group) is 1. The van der Waals surface area contributed by atoms with Crippen molar-refractivity contribution >= 4 is 15.9 Å². The van der Waals surface area contributed by atoms with Crippen LogP contribution in [-0.2, 0) is 13.0 Å². The van der Waals surface area contributed by atoms with Crippen molar-refractivity contribution < 1.29 is 4.74 Å². The molecule has 3 nitrogen and oxygen atoms in total. The molecular formula is C15H23BrN2O. The van der Waals surface area contributed by atoms with Gasteiger partial charge in [0.2, 0.25) is 0 Å². The Hall–Kier alpha value is -0.580. The lowest BCUT2D eigenvalue weighted by Crippen LogP contribution is -2.48. The van der Waals surface area contributed by atoms with Crippen LogP contribution in [0, 0.1) is 0 Å². The number of benzene rings is 1. The van der Waals surface area contributed by atoms with Gasteiger partial charge >= 0.3 is 0 Å². The van der Waals surface area contributed by atoms with Crippen LogP contribution in [0.2, 0.25) is 0 Å². The second-order valence-electron chi connectivity index (χ2n) is 5.56. The van der Waals surface area contributed by atoms with Crippen molar-refractivity contribution in [3.63, 3.8) is 0 Å². The summed E-state index contributed by atoms with van der Waals surface area (Å²) in [5.74, 6) is 1.07. The molecule has 1 unspecified atom stereocenters. The van der Waals surface area contributed by atoms with Gasteiger partial charge in [0.05, 0.1) is 6.61 Å². The molecule has 1 heterocycles. The number of nitrogens with zero attached hydrogens (tertiary/aromatic N) is 1. The van der Waals surface area contributed by atoms with E-state index in [0.29, 0.717) is 6.54 Å². The van der Waals surface area contributed by atoms with Gasteiger partial charge < -0.3 is 10.5 Å². The summed E-state index contributed by atoms with van der Waals surface area (Å²) >= 11 is 3.59. The number of hydrogen-bond acceptors (Lipinski definition) is 3. The highest BCUT2D eigenvalue weighted by molar-refractivity contribution is 9.10. The van der Waals surface area contributed by atoms with Gasteiger partial charge in [-0.25, -0.2) is 0 Å². The predicted molar refractivity (Wildman–Crippen MR) is 82.6 cm³/mol. The van der Waals surface area contributed by atoms with E-state index in [1.54, 1.807) is 0 Å². The molecule has 0 radical (unpaired) electrons. The lowest BCUT2D eigenvalue weighted by atomic mass is 9.96. The third-order valence-corrected chi connectivity index (χ3v) is 4.81. The Labute approximate surface area is 124 Å². The van der Waals surface area contributed by atoms with E-state index >= 15 is 0 Å². The molecule has 0 aliphatic carbocycles. The number of fused-ring (bicyclic) bond motifs is 1. The molecule has 0 aromatic heterocycles. The van der Waals surface area contributed by atoms with Gasteiger partial charge in [-0.3, -0.25) is 4.90 Å². The number of halogens is 1. The molecule has 4 heteroatoms. The first-order valence-electron chi connectivity index (χ1n) is 6.85. The average Bonchev–Trinajstić information content (AvgIpc) is 2.85. The zero-order valence-electron chi connectivity index (χ0n) is 12.0. The van der Waals surface area contributed by atoms with Crippen LogP contribution in [0.3, 0.4) is 0 Å². The van der Waals surface area contributed by atoms with Gasteiger partial charge in [0.15, 0.2) is 0 Å². The fourth-order valence-electron chi connectivity index (χ4n) is 2.48. The number of hydrogen-bond donors (Lipinski definition) is 1. The van der Waals surface area contributed by atoms with Crippen LogP contribution in [-0.4, -0.2) is 30.6 Å². The molecule has 0 saturated carbocycles. The summed E-state index contributed by atoms with van der Waals surface area (Å²) in [7, 11) is 2.14. The van der Waals surface area contributed by atoms with Crippen LogP contribution in [0.1, 0.15) is 31.4 Å². The van der Waals surface area contributed by atoms with Crippen LogP contribution >= 0.6 is 15.9 Å². The van der Waals surface area contributed by atoms with E-state index in [1.165, 1.54) is 11.1 Å². The second kappa shape index (κ2) is 5.81. The first kappa shape index (κ1) is 14.8. The second-order valence-corrected chi connectivity index (χ2v) is 6.48. The van der Waals surface area contributed by atoms with E-state index in [1.807, 2.05) is 0 Å². The van der Waals surface area contributed by atoms with E-state index < -0.39 is 0 Å². The lowest BCUT2D eigenvalue weighted by molar-refractivity contribution is 0.130. The van der Waals surface area contributed by atoms with Crippen LogP contribution in [0.25, 0.3) is 0 Å². The highest BCUT2D eigenvalue weighted by Gasteiger charge is 2.27. The highest BCUT2D eigenvalue weighted by Crippen LogP contribution is 2.34.